The highest BCUT2D eigenvalue weighted by atomic mass is 19.1. The Balaban J connectivity index is 1.78. The van der Waals surface area contributed by atoms with Gasteiger partial charge in [-0.15, -0.1) is 13.2 Å². The molecule has 0 spiro atoms. The van der Waals surface area contributed by atoms with Gasteiger partial charge in [-0.25, -0.2) is 9.18 Å². The van der Waals surface area contributed by atoms with Gasteiger partial charge in [0.25, 0.3) is 0 Å². The number of carbonyl (C=O) groups is 1. The van der Waals surface area contributed by atoms with E-state index in [9.17, 15) is 19.4 Å². The molecule has 0 radical (unpaired) electrons. The molecule has 10 nitrogen and oxygen atoms in total. The monoisotopic (exact) mass is 760 g/mol. The molecule has 2 aromatic rings. The minimum absolute atomic E-state index is 0.0557. The van der Waals surface area contributed by atoms with Crippen LogP contribution in [0, 0.1) is 23.6 Å². The zero-order chi connectivity index (χ0) is 39.2. The van der Waals surface area contributed by atoms with E-state index in [1.165, 1.54) is 12.1 Å². The minimum Gasteiger partial charge on any atom is -0.490 e. The number of unbranched alkanes of at least 4 members (excludes halogenated alkanes) is 2. The molecular formula is C44H57FN2O8. The summed E-state index contributed by atoms with van der Waals surface area (Å²) in [6.45, 7) is 14.6. The summed E-state index contributed by atoms with van der Waals surface area (Å²) in [4.78, 5) is 21.8. The highest BCUT2D eigenvalue weighted by Gasteiger charge is 2.65. The largest absolute Gasteiger partial charge is 0.490 e. The number of aliphatic hydroxyl groups is 2. The molecule has 0 bridgehead atoms. The van der Waals surface area contributed by atoms with Crippen LogP contribution in [0.25, 0.3) is 0 Å². The molecule has 0 saturated heterocycles. The highest BCUT2D eigenvalue weighted by molar-refractivity contribution is 6.03. The lowest BCUT2D eigenvalue weighted by Crippen LogP contribution is -2.70. The Morgan fingerprint density at radius 2 is 1.76 bits per heavy atom. The van der Waals surface area contributed by atoms with Crippen LogP contribution >= 0.6 is 0 Å². The van der Waals surface area contributed by atoms with Crippen LogP contribution in [0.4, 0.5) is 9.18 Å². The summed E-state index contributed by atoms with van der Waals surface area (Å²) in [6.07, 6.45) is 12.0. The summed E-state index contributed by atoms with van der Waals surface area (Å²) in [5, 5.41) is 24.4. The molecule has 2 N–H and O–H groups in total. The molecule has 1 fully saturated rings. The Kier molecular flexibility index (Phi) is 15.5. The van der Waals surface area contributed by atoms with Crippen molar-refractivity contribution in [1.29, 1.82) is 0 Å². The van der Waals surface area contributed by atoms with Crippen LogP contribution in [0.3, 0.4) is 0 Å². The Bertz CT molecular complexity index is 1660. The third kappa shape index (κ3) is 9.69. The molecule has 2 aliphatic carbocycles. The van der Waals surface area contributed by atoms with Gasteiger partial charge in [0.15, 0.2) is 0 Å². The summed E-state index contributed by atoms with van der Waals surface area (Å²) in [6, 6.07) is 11.0. The fraction of sp³-hybridized carbons (Fsp3) is 0.500. The summed E-state index contributed by atoms with van der Waals surface area (Å²) >= 11 is 0. The number of allylic oxidation sites excluding steroid dienone is 1. The first-order valence-electron chi connectivity index (χ1n) is 19.6. The van der Waals surface area contributed by atoms with Crippen LogP contribution in [0.1, 0.15) is 75.3 Å². The van der Waals surface area contributed by atoms with Gasteiger partial charge in [-0.05, 0) is 92.3 Å². The number of ether oxygens (including phenoxy) is 4. The lowest BCUT2D eigenvalue weighted by atomic mass is 9.55. The van der Waals surface area contributed by atoms with E-state index in [4.69, 9.17) is 28.9 Å². The standard InChI is InChI=1S/C44H57FN2O8/c1-5-9-26-52-43(50)47(30-31-16-18-33(45)19-17-31)40-29-38(46-54-8-4)36-27-32(14-10-12-22-48)35(15-11-13-23-49)41-37-28-34(51-24-6-2)20-21-39(37)55-44(40,42(36)41)53-25-7-3/h5-7,16-21,27-28,32,35,40-42,48-49H,1-3,8-15,22-26,29-30H2,4H3. The van der Waals surface area contributed by atoms with Crippen molar-refractivity contribution < 1.29 is 43.2 Å². The van der Waals surface area contributed by atoms with E-state index in [1.54, 1.807) is 35.3 Å². The Morgan fingerprint density at radius 3 is 2.45 bits per heavy atom. The van der Waals surface area contributed by atoms with Crippen LogP contribution in [-0.2, 0) is 20.9 Å². The fourth-order valence-electron chi connectivity index (χ4n) is 8.44. The average molecular weight is 761 g/mol. The van der Waals surface area contributed by atoms with Crippen molar-refractivity contribution in [3.63, 3.8) is 0 Å². The van der Waals surface area contributed by atoms with Crippen molar-refractivity contribution in [3.8, 4) is 11.5 Å². The van der Waals surface area contributed by atoms with Gasteiger partial charge in [0.1, 0.15) is 36.6 Å². The van der Waals surface area contributed by atoms with Gasteiger partial charge in [0.05, 0.1) is 24.8 Å². The molecule has 3 aliphatic rings. The van der Waals surface area contributed by atoms with Crippen molar-refractivity contribution in [2.24, 2.45) is 22.9 Å². The molecule has 0 aromatic heterocycles. The molecule has 1 aliphatic heterocycles. The van der Waals surface area contributed by atoms with E-state index in [1.807, 2.05) is 25.1 Å². The third-order valence-electron chi connectivity index (χ3n) is 10.7. The van der Waals surface area contributed by atoms with Crippen LogP contribution in [0.15, 0.2) is 97.2 Å². The molecule has 2 aromatic carbocycles. The number of carbonyl (C=O) groups excluding carboxylic acids is 1. The lowest BCUT2D eigenvalue weighted by molar-refractivity contribution is -0.256. The Labute approximate surface area is 324 Å². The molecule has 6 unspecified atom stereocenters. The zero-order valence-corrected chi connectivity index (χ0v) is 32.1. The van der Waals surface area contributed by atoms with Crippen molar-refractivity contribution in [1.82, 2.24) is 4.90 Å². The van der Waals surface area contributed by atoms with E-state index in [0.717, 1.165) is 36.8 Å². The Hall–Kier alpha value is -4.45. The lowest BCUT2D eigenvalue weighted by Gasteiger charge is -2.59. The van der Waals surface area contributed by atoms with Crippen LogP contribution in [0.2, 0.25) is 0 Å². The summed E-state index contributed by atoms with van der Waals surface area (Å²) in [5.74, 6) is -1.13. The number of benzene rings is 2. The predicted octanol–water partition coefficient (Wildman–Crippen LogP) is 8.26. The number of halogens is 1. The highest BCUT2D eigenvalue weighted by Crippen LogP contribution is 2.62. The maximum atomic E-state index is 14.4. The number of hydrogen-bond acceptors (Lipinski definition) is 9. The first kappa shape index (κ1) is 41.7. The number of oxime groups is 1. The number of rotatable bonds is 22. The normalized spacial score (nSPS) is 24.4. The number of fused-ring (bicyclic) bond motifs is 2. The molecule has 1 amide bonds. The van der Waals surface area contributed by atoms with Crippen molar-refractivity contribution in [2.75, 3.05) is 39.6 Å². The molecule has 11 heteroatoms. The summed E-state index contributed by atoms with van der Waals surface area (Å²) in [5.41, 5.74) is 3.24. The molecule has 1 heterocycles. The van der Waals surface area contributed by atoms with Crippen molar-refractivity contribution >= 4 is 11.8 Å². The van der Waals surface area contributed by atoms with Gasteiger partial charge in [-0.1, -0.05) is 61.0 Å². The smallest absolute Gasteiger partial charge is 0.410 e. The quantitative estimate of drug-likeness (QED) is 0.0700. The second-order valence-corrected chi connectivity index (χ2v) is 14.2. The first-order chi connectivity index (χ1) is 26.8. The predicted molar refractivity (Wildman–Crippen MR) is 210 cm³/mol. The average Bonchev–Trinajstić information content (AvgIpc) is 3.19. The second kappa shape index (κ2) is 20.5. The van der Waals surface area contributed by atoms with Crippen LogP contribution in [-0.4, -0.2) is 78.4 Å². The maximum Gasteiger partial charge on any atom is 0.410 e. The van der Waals surface area contributed by atoms with Crippen LogP contribution in [0.5, 0.6) is 11.5 Å². The topological polar surface area (TPSA) is 119 Å². The van der Waals surface area contributed by atoms with E-state index in [-0.39, 0.29) is 63.0 Å². The van der Waals surface area contributed by atoms with E-state index in [0.29, 0.717) is 55.3 Å². The molecule has 6 atom stereocenters. The molecule has 55 heavy (non-hydrogen) atoms. The van der Waals surface area contributed by atoms with E-state index < -0.39 is 23.8 Å². The number of hydrogen-bond donors (Lipinski definition) is 2. The minimum atomic E-state index is -1.46. The number of aliphatic hydroxyl groups excluding tert-OH is 2. The first-order valence-corrected chi connectivity index (χ1v) is 19.6. The zero-order valence-electron chi connectivity index (χ0n) is 32.1. The number of amides is 1. The van der Waals surface area contributed by atoms with E-state index in [2.05, 4.69) is 25.8 Å². The van der Waals surface area contributed by atoms with Gasteiger partial charge in [-0.3, -0.25) is 4.90 Å². The molecular weight excluding hydrogens is 703 g/mol. The summed E-state index contributed by atoms with van der Waals surface area (Å²) < 4.78 is 40.3. The van der Waals surface area contributed by atoms with Gasteiger partial charge in [-0.2, -0.15) is 0 Å². The second-order valence-electron chi connectivity index (χ2n) is 14.2. The number of nitrogens with zero attached hydrogens (tertiary/aromatic N) is 2. The van der Waals surface area contributed by atoms with Crippen LogP contribution < -0.4 is 9.47 Å². The third-order valence-corrected chi connectivity index (χ3v) is 10.7. The van der Waals surface area contributed by atoms with Gasteiger partial charge >= 0.3 is 6.09 Å². The van der Waals surface area contributed by atoms with Crippen molar-refractivity contribution in [3.05, 3.63) is 109 Å². The Morgan fingerprint density at radius 1 is 1.02 bits per heavy atom. The summed E-state index contributed by atoms with van der Waals surface area (Å²) in [7, 11) is 0. The van der Waals surface area contributed by atoms with Gasteiger partial charge in [0, 0.05) is 37.7 Å². The van der Waals surface area contributed by atoms with Crippen molar-refractivity contribution in [2.45, 2.75) is 82.6 Å². The van der Waals surface area contributed by atoms with Gasteiger partial charge < -0.3 is 34.0 Å². The molecule has 1 saturated carbocycles. The fourth-order valence-corrected chi connectivity index (χ4v) is 8.44. The molecule has 298 valence electrons. The maximum absolute atomic E-state index is 14.4. The van der Waals surface area contributed by atoms with E-state index >= 15 is 0 Å². The molecule has 5 rings (SSSR count). The SMILES string of the molecule is C=CCCOC(=O)N(Cc1ccc(F)cc1)C1CC(=NOCC)C2=CC(CCCCO)C(CCCCO)C3c4cc(OCC=C)ccc4OC1(OCC=C)C23. The van der Waals surface area contributed by atoms with Gasteiger partial charge in [0.2, 0.25) is 5.79 Å².